The standard InChI is InChI=1S/2C6H12S4/c2*7-1-5-3-10-6(2-8)4-9-5/h2*5-8H,1-4H2. The van der Waals surface area contributed by atoms with Gasteiger partial charge in [0.2, 0.25) is 0 Å². The Morgan fingerprint density at radius 1 is 0.500 bits per heavy atom. The van der Waals surface area contributed by atoms with Crippen molar-refractivity contribution in [2.45, 2.75) is 21.0 Å². The van der Waals surface area contributed by atoms with E-state index in [4.69, 9.17) is 0 Å². The Balaban J connectivity index is 0.000000200. The first kappa shape index (κ1) is 20.8. The summed E-state index contributed by atoms with van der Waals surface area (Å²) in [5.74, 6) is 9.15. The molecule has 4 unspecified atom stereocenters. The van der Waals surface area contributed by atoms with Crippen molar-refractivity contribution in [2.75, 3.05) is 46.0 Å². The molecule has 0 bridgehead atoms. The predicted octanol–water partition coefficient (Wildman–Crippen LogP) is 4.13. The minimum Gasteiger partial charge on any atom is -0.178 e. The molecule has 0 aromatic carbocycles. The molecule has 120 valence electrons. The summed E-state index contributed by atoms with van der Waals surface area (Å²) >= 11 is 25.3. The van der Waals surface area contributed by atoms with Crippen LogP contribution in [-0.4, -0.2) is 67.0 Å². The molecule has 0 N–H and O–H groups in total. The first-order valence-corrected chi connectivity index (χ1v) is 13.4. The lowest BCUT2D eigenvalue weighted by atomic mass is 10.5. The molecule has 0 aromatic rings. The van der Waals surface area contributed by atoms with Crippen LogP contribution in [0, 0.1) is 0 Å². The van der Waals surface area contributed by atoms with Crippen LogP contribution in [0.5, 0.6) is 0 Å². The number of thiol groups is 4. The molecule has 2 fully saturated rings. The van der Waals surface area contributed by atoms with Crippen LogP contribution in [0.25, 0.3) is 0 Å². The lowest BCUT2D eigenvalue weighted by Crippen LogP contribution is -2.23. The summed E-state index contributed by atoms with van der Waals surface area (Å²) in [6.07, 6.45) is 0. The second kappa shape index (κ2) is 13.1. The van der Waals surface area contributed by atoms with Gasteiger partial charge in [0, 0.05) is 67.0 Å². The first-order chi connectivity index (χ1) is 9.73. The summed E-state index contributed by atoms with van der Waals surface area (Å²) in [5.41, 5.74) is 0. The van der Waals surface area contributed by atoms with Crippen molar-refractivity contribution in [3.63, 3.8) is 0 Å². The van der Waals surface area contributed by atoms with Gasteiger partial charge in [0.05, 0.1) is 0 Å². The average Bonchev–Trinajstić information content (AvgIpc) is 2.55. The molecular weight excluding hydrogens is 401 g/mol. The maximum absolute atomic E-state index is 4.27. The lowest BCUT2D eigenvalue weighted by Gasteiger charge is -2.25. The zero-order chi connectivity index (χ0) is 14.8. The van der Waals surface area contributed by atoms with Gasteiger partial charge in [0.15, 0.2) is 0 Å². The molecule has 0 aliphatic carbocycles. The van der Waals surface area contributed by atoms with Crippen LogP contribution in [0.3, 0.4) is 0 Å². The molecule has 2 aliphatic heterocycles. The van der Waals surface area contributed by atoms with Gasteiger partial charge in [-0.1, -0.05) is 0 Å². The average molecular weight is 425 g/mol. The van der Waals surface area contributed by atoms with Crippen LogP contribution in [0.2, 0.25) is 0 Å². The SMILES string of the molecule is SCC1CSC(CS)CS1.SCC1CSC(CS)CS1. The van der Waals surface area contributed by atoms with Crippen LogP contribution in [0.1, 0.15) is 0 Å². The Morgan fingerprint density at radius 2 is 0.700 bits per heavy atom. The van der Waals surface area contributed by atoms with Gasteiger partial charge in [-0.05, 0) is 0 Å². The third kappa shape index (κ3) is 8.60. The van der Waals surface area contributed by atoms with Crippen LogP contribution in [0.4, 0.5) is 0 Å². The fourth-order valence-electron chi connectivity index (χ4n) is 1.59. The molecule has 0 spiro atoms. The number of hydrogen-bond donors (Lipinski definition) is 4. The quantitative estimate of drug-likeness (QED) is 0.501. The van der Waals surface area contributed by atoms with Gasteiger partial charge >= 0.3 is 0 Å². The molecule has 20 heavy (non-hydrogen) atoms. The highest BCUT2D eigenvalue weighted by molar-refractivity contribution is 8.08. The van der Waals surface area contributed by atoms with E-state index in [9.17, 15) is 0 Å². The molecule has 0 radical (unpaired) electrons. The highest BCUT2D eigenvalue weighted by atomic mass is 32.2. The van der Waals surface area contributed by atoms with E-state index in [-0.39, 0.29) is 0 Å². The topological polar surface area (TPSA) is 0 Å². The fourth-order valence-corrected chi connectivity index (χ4v) is 9.39. The molecule has 4 atom stereocenters. The van der Waals surface area contributed by atoms with Gasteiger partial charge in [-0.15, -0.1) is 0 Å². The highest BCUT2D eigenvalue weighted by Crippen LogP contribution is 2.31. The smallest absolute Gasteiger partial charge is 0.0226 e. The van der Waals surface area contributed by atoms with Crippen molar-refractivity contribution < 1.29 is 0 Å². The Bertz CT molecular complexity index is 175. The van der Waals surface area contributed by atoms with Gasteiger partial charge in [-0.2, -0.15) is 97.6 Å². The van der Waals surface area contributed by atoms with Crippen molar-refractivity contribution in [1.29, 1.82) is 0 Å². The van der Waals surface area contributed by atoms with Gasteiger partial charge in [0.1, 0.15) is 0 Å². The number of thioether (sulfide) groups is 4. The normalized spacial score (nSPS) is 34.2. The number of hydrogen-bond acceptors (Lipinski definition) is 8. The molecule has 2 aliphatic rings. The molecule has 2 saturated heterocycles. The largest absolute Gasteiger partial charge is 0.178 e. The van der Waals surface area contributed by atoms with E-state index in [0.29, 0.717) is 0 Å². The second-order valence-corrected chi connectivity index (χ2v) is 11.3. The van der Waals surface area contributed by atoms with E-state index in [2.05, 4.69) is 50.5 Å². The van der Waals surface area contributed by atoms with E-state index in [1.54, 1.807) is 0 Å². The lowest BCUT2D eigenvalue weighted by molar-refractivity contribution is 1.06. The molecule has 0 aromatic heterocycles. The van der Waals surface area contributed by atoms with Crippen molar-refractivity contribution in [3.8, 4) is 0 Å². The third-order valence-corrected chi connectivity index (χ3v) is 12.1. The Morgan fingerprint density at radius 3 is 0.800 bits per heavy atom. The summed E-state index contributed by atoms with van der Waals surface area (Å²) in [6, 6.07) is 0. The van der Waals surface area contributed by atoms with Crippen LogP contribution >= 0.6 is 97.6 Å². The van der Waals surface area contributed by atoms with Crippen LogP contribution in [0.15, 0.2) is 0 Å². The second-order valence-electron chi connectivity index (χ2n) is 4.55. The fraction of sp³-hybridized carbons (Fsp3) is 1.00. The van der Waals surface area contributed by atoms with Crippen LogP contribution < -0.4 is 0 Å². The summed E-state index contributed by atoms with van der Waals surface area (Å²) in [4.78, 5) is 0. The van der Waals surface area contributed by atoms with Gasteiger partial charge in [-0.3, -0.25) is 0 Å². The Hall–Kier alpha value is 2.80. The van der Waals surface area contributed by atoms with Gasteiger partial charge in [0.25, 0.3) is 0 Å². The summed E-state index contributed by atoms with van der Waals surface area (Å²) in [6.45, 7) is 0. The zero-order valence-electron chi connectivity index (χ0n) is 11.4. The Kier molecular flexibility index (Phi) is 13.7. The number of rotatable bonds is 4. The van der Waals surface area contributed by atoms with Gasteiger partial charge < -0.3 is 0 Å². The first-order valence-electron chi connectivity index (χ1n) is 6.63. The van der Waals surface area contributed by atoms with E-state index >= 15 is 0 Å². The van der Waals surface area contributed by atoms with Crippen molar-refractivity contribution in [3.05, 3.63) is 0 Å². The summed E-state index contributed by atoms with van der Waals surface area (Å²) in [7, 11) is 0. The third-order valence-electron chi connectivity index (χ3n) is 2.89. The highest BCUT2D eigenvalue weighted by Gasteiger charge is 2.20. The molecule has 8 heteroatoms. The zero-order valence-corrected chi connectivity index (χ0v) is 18.2. The van der Waals surface area contributed by atoms with Crippen molar-refractivity contribution in [2.24, 2.45) is 0 Å². The summed E-state index contributed by atoms with van der Waals surface area (Å²) in [5, 5.41) is 3.13. The van der Waals surface area contributed by atoms with E-state index < -0.39 is 0 Å². The van der Waals surface area contributed by atoms with E-state index in [1.165, 1.54) is 23.0 Å². The monoisotopic (exact) mass is 424 g/mol. The van der Waals surface area contributed by atoms with E-state index in [1.807, 2.05) is 47.0 Å². The van der Waals surface area contributed by atoms with Crippen LogP contribution in [-0.2, 0) is 0 Å². The maximum Gasteiger partial charge on any atom is 0.0226 e. The summed E-state index contributed by atoms with van der Waals surface area (Å²) < 4.78 is 0. The predicted molar refractivity (Wildman–Crippen MR) is 120 cm³/mol. The van der Waals surface area contributed by atoms with E-state index in [0.717, 1.165) is 44.0 Å². The molecule has 0 amide bonds. The molecule has 0 nitrogen and oxygen atoms in total. The molecule has 2 heterocycles. The van der Waals surface area contributed by atoms with Crippen molar-refractivity contribution in [1.82, 2.24) is 0 Å². The molecule has 2 rings (SSSR count). The van der Waals surface area contributed by atoms with Gasteiger partial charge in [-0.25, -0.2) is 0 Å². The van der Waals surface area contributed by atoms with Crippen molar-refractivity contribution >= 4 is 97.6 Å². The molecular formula is C12H24S8. The maximum atomic E-state index is 4.27. The minimum atomic E-state index is 0.782. The molecule has 0 saturated carbocycles. The Labute approximate surface area is 163 Å². The minimum absolute atomic E-state index is 0.782.